The number of likely N-dealkylation sites (N-methyl/N-ethyl adjacent to an activating group) is 1. The number of para-hydroxylation sites is 1. The van der Waals surface area contributed by atoms with E-state index in [2.05, 4.69) is 23.0 Å². The summed E-state index contributed by atoms with van der Waals surface area (Å²) in [5.74, 6) is 0.0723. The maximum absolute atomic E-state index is 12.3. The number of amides is 1. The van der Waals surface area contributed by atoms with Crippen molar-refractivity contribution in [1.82, 2.24) is 9.88 Å². The van der Waals surface area contributed by atoms with Crippen LogP contribution in [0.15, 0.2) is 57.7 Å². The highest BCUT2D eigenvalue weighted by Crippen LogP contribution is 2.35. The number of nitrogens with zero attached hydrogens (tertiary/aromatic N) is 2. The Morgan fingerprint density at radius 1 is 1.06 bits per heavy atom. The number of fused-ring (bicyclic) bond motifs is 1. The molecule has 0 bridgehead atoms. The molecule has 2 heterocycles. The maximum atomic E-state index is 12.3. The van der Waals surface area contributed by atoms with E-state index in [1.165, 1.54) is 5.56 Å². The van der Waals surface area contributed by atoms with E-state index in [4.69, 9.17) is 9.15 Å². The van der Waals surface area contributed by atoms with Crippen molar-refractivity contribution < 1.29 is 13.9 Å². The number of carbonyl (C=O) groups excluding carboxylic acids is 1. The Kier molecular flexibility index (Phi) is 5.28. The lowest BCUT2D eigenvalue weighted by molar-refractivity contribution is 0.0912. The summed E-state index contributed by atoms with van der Waals surface area (Å²) in [7, 11) is 2.13. The second-order valence-electron chi connectivity index (χ2n) is 8.67. The van der Waals surface area contributed by atoms with Crippen molar-refractivity contribution in [2.24, 2.45) is 0 Å². The molecule has 1 amide bonds. The van der Waals surface area contributed by atoms with Crippen LogP contribution in [0.4, 0.5) is 10.5 Å². The Hall–Kier alpha value is -3.06. The average molecular weight is 421 g/mol. The molecule has 0 unspecified atom stereocenters. The SMILES string of the molecule is CN(C[C@@H]1CN(c2ccccc2)C(=O)O1)[C@H]1CC[C@H](c2ccc3[nH]c(=O)oc3c2)CC1. The molecule has 1 aliphatic carbocycles. The first-order chi connectivity index (χ1) is 15.1. The molecule has 7 heteroatoms. The van der Waals surface area contributed by atoms with E-state index in [-0.39, 0.29) is 12.2 Å². The topological polar surface area (TPSA) is 78.8 Å². The molecule has 0 spiro atoms. The fraction of sp³-hybridized carbons (Fsp3) is 0.417. The molecule has 1 N–H and O–H groups in total. The van der Waals surface area contributed by atoms with Crippen molar-refractivity contribution in [3.05, 3.63) is 64.6 Å². The van der Waals surface area contributed by atoms with Gasteiger partial charge in [-0.05, 0) is 68.5 Å². The maximum Gasteiger partial charge on any atom is 0.417 e. The zero-order valence-electron chi connectivity index (χ0n) is 17.6. The van der Waals surface area contributed by atoms with Gasteiger partial charge in [-0.2, -0.15) is 0 Å². The van der Waals surface area contributed by atoms with Gasteiger partial charge in [-0.3, -0.25) is 14.8 Å². The third-order valence-electron chi connectivity index (χ3n) is 6.67. The summed E-state index contributed by atoms with van der Waals surface area (Å²) < 4.78 is 10.8. The van der Waals surface area contributed by atoms with Gasteiger partial charge >= 0.3 is 11.8 Å². The fourth-order valence-electron chi connectivity index (χ4n) is 4.97. The molecule has 2 fully saturated rings. The summed E-state index contributed by atoms with van der Waals surface area (Å²) >= 11 is 0. The number of H-pyrrole nitrogens is 1. The van der Waals surface area contributed by atoms with Gasteiger partial charge in [0, 0.05) is 18.3 Å². The van der Waals surface area contributed by atoms with Gasteiger partial charge < -0.3 is 9.15 Å². The lowest BCUT2D eigenvalue weighted by atomic mass is 9.81. The van der Waals surface area contributed by atoms with Crippen LogP contribution < -0.4 is 10.7 Å². The van der Waals surface area contributed by atoms with Crippen LogP contribution in [0.1, 0.15) is 37.2 Å². The Morgan fingerprint density at radius 2 is 1.84 bits per heavy atom. The number of anilines is 1. The normalized spacial score (nSPS) is 24.1. The number of ether oxygens (including phenoxy) is 1. The molecular formula is C24H27N3O4. The van der Waals surface area contributed by atoms with Crippen molar-refractivity contribution in [3.8, 4) is 0 Å². The number of aromatic amines is 1. The van der Waals surface area contributed by atoms with Crippen LogP contribution in [0.2, 0.25) is 0 Å². The van der Waals surface area contributed by atoms with Crippen LogP contribution in [0, 0.1) is 0 Å². The zero-order chi connectivity index (χ0) is 21.4. The smallest absolute Gasteiger partial charge is 0.417 e. The monoisotopic (exact) mass is 421 g/mol. The summed E-state index contributed by atoms with van der Waals surface area (Å²) in [4.78, 5) is 30.4. The first-order valence-electron chi connectivity index (χ1n) is 10.9. The predicted octanol–water partition coefficient (Wildman–Crippen LogP) is 4.10. The summed E-state index contributed by atoms with van der Waals surface area (Å²) in [6.45, 7) is 1.33. The number of cyclic esters (lactones) is 1. The number of nitrogens with one attached hydrogen (secondary N) is 1. The Balaban J connectivity index is 1.16. The van der Waals surface area contributed by atoms with E-state index >= 15 is 0 Å². The van der Waals surface area contributed by atoms with Gasteiger partial charge in [-0.25, -0.2) is 9.59 Å². The third-order valence-corrected chi connectivity index (χ3v) is 6.67. The summed E-state index contributed by atoms with van der Waals surface area (Å²) in [6.07, 6.45) is 4.00. The fourth-order valence-corrected chi connectivity index (χ4v) is 4.97. The minimum Gasteiger partial charge on any atom is -0.443 e. The summed E-state index contributed by atoms with van der Waals surface area (Å²) in [5, 5.41) is 0. The molecule has 1 saturated carbocycles. The minimum atomic E-state index is -0.407. The predicted molar refractivity (Wildman–Crippen MR) is 119 cm³/mol. The number of aromatic nitrogens is 1. The van der Waals surface area contributed by atoms with Crippen molar-refractivity contribution >= 4 is 22.9 Å². The van der Waals surface area contributed by atoms with Gasteiger partial charge in [0.1, 0.15) is 6.10 Å². The zero-order valence-corrected chi connectivity index (χ0v) is 17.6. The Bertz CT molecular complexity index is 1110. The van der Waals surface area contributed by atoms with E-state index < -0.39 is 5.76 Å². The second kappa shape index (κ2) is 8.23. The van der Waals surface area contributed by atoms with Crippen molar-refractivity contribution in [2.45, 2.75) is 43.7 Å². The van der Waals surface area contributed by atoms with Crippen LogP contribution in [-0.2, 0) is 4.74 Å². The molecule has 0 radical (unpaired) electrons. The highest BCUT2D eigenvalue weighted by Gasteiger charge is 2.34. The van der Waals surface area contributed by atoms with Crippen molar-refractivity contribution in [3.63, 3.8) is 0 Å². The Labute approximate surface area is 180 Å². The molecule has 1 aliphatic heterocycles. The second-order valence-corrected chi connectivity index (χ2v) is 8.67. The number of rotatable bonds is 5. The number of hydrogen-bond donors (Lipinski definition) is 1. The summed E-state index contributed by atoms with van der Waals surface area (Å²) in [5.41, 5.74) is 3.50. The van der Waals surface area contributed by atoms with Crippen molar-refractivity contribution in [1.29, 1.82) is 0 Å². The van der Waals surface area contributed by atoms with Crippen LogP contribution in [0.5, 0.6) is 0 Å². The lowest BCUT2D eigenvalue weighted by Crippen LogP contribution is -2.40. The van der Waals surface area contributed by atoms with Gasteiger partial charge in [0.15, 0.2) is 5.58 Å². The van der Waals surface area contributed by atoms with Crippen LogP contribution in [-0.4, -0.2) is 48.3 Å². The standard InChI is InChI=1S/C24H27N3O4/c1-26(14-20-15-27(24(29)30-20)19-5-3-2-4-6-19)18-10-7-16(8-11-18)17-9-12-21-22(13-17)31-23(28)25-21/h2-6,9,12-13,16,18,20H,7-8,10-11,14-15H2,1H3,(H,25,28)/t16-,18-,20-/m1/s1. The van der Waals surface area contributed by atoms with E-state index in [9.17, 15) is 9.59 Å². The van der Waals surface area contributed by atoms with E-state index in [1.54, 1.807) is 4.90 Å². The van der Waals surface area contributed by atoms with E-state index in [1.807, 2.05) is 42.5 Å². The number of carbonyl (C=O) groups is 1. The van der Waals surface area contributed by atoms with Crippen LogP contribution in [0.3, 0.4) is 0 Å². The molecule has 1 saturated heterocycles. The molecule has 7 nitrogen and oxygen atoms in total. The van der Waals surface area contributed by atoms with Gasteiger partial charge in [0.2, 0.25) is 0 Å². The van der Waals surface area contributed by atoms with E-state index in [0.717, 1.165) is 43.4 Å². The molecule has 1 aromatic heterocycles. The minimum absolute atomic E-state index is 0.116. The summed E-state index contributed by atoms with van der Waals surface area (Å²) in [6, 6.07) is 16.2. The third kappa shape index (κ3) is 4.10. The Morgan fingerprint density at radius 3 is 2.61 bits per heavy atom. The first kappa shape index (κ1) is 19.9. The molecule has 3 aromatic rings. The molecule has 2 aliphatic rings. The van der Waals surface area contributed by atoms with Gasteiger partial charge in [-0.15, -0.1) is 0 Å². The molecule has 162 valence electrons. The van der Waals surface area contributed by atoms with Crippen LogP contribution >= 0.6 is 0 Å². The van der Waals surface area contributed by atoms with Crippen LogP contribution in [0.25, 0.3) is 11.1 Å². The quantitative estimate of drug-likeness (QED) is 0.671. The van der Waals surface area contributed by atoms with Crippen molar-refractivity contribution in [2.75, 3.05) is 25.0 Å². The molecule has 2 aromatic carbocycles. The number of oxazole rings is 1. The molecule has 1 atom stereocenters. The highest BCUT2D eigenvalue weighted by molar-refractivity contribution is 5.89. The number of benzene rings is 2. The molecule has 5 rings (SSSR count). The molecular weight excluding hydrogens is 394 g/mol. The first-order valence-corrected chi connectivity index (χ1v) is 10.9. The van der Waals surface area contributed by atoms with E-state index in [0.29, 0.717) is 24.1 Å². The van der Waals surface area contributed by atoms with Gasteiger partial charge in [0.25, 0.3) is 0 Å². The largest absolute Gasteiger partial charge is 0.443 e. The van der Waals surface area contributed by atoms with Gasteiger partial charge in [-0.1, -0.05) is 24.3 Å². The average Bonchev–Trinajstić information content (AvgIpc) is 3.34. The highest BCUT2D eigenvalue weighted by atomic mass is 16.6. The van der Waals surface area contributed by atoms with Gasteiger partial charge in [0.05, 0.1) is 12.1 Å². The molecule has 31 heavy (non-hydrogen) atoms. The number of hydrogen-bond acceptors (Lipinski definition) is 5. The lowest BCUT2D eigenvalue weighted by Gasteiger charge is -2.35.